The van der Waals surface area contributed by atoms with Gasteiger partial charge in [-0.25, -0.2) is 4.98 Å². The van der Waals surface area contributed by atoms with Crippen molar-refractivity contribution in [2.75, 3.05) is 12.4 Å². The zero-order valence-electron chi connectivity index (χ0n) is 14.8. The highest BCUT2D eigenvalue weighted by Gasteiger charge is 2.14. The summed E-state index contributed by atoms with van der Waals surface area (Å²) in [5.41, 5.74) is 2.40. The highest BCUT2D eigenvalue weighted by atomic mass is 14.9. The lowest BCUT2D eigenvalue weighted by atomic mass is 9.94. The third-order valence-electron chi connectivity index (χ3n) is 4.26. The molecular formula is C20H27N3. The summed E-state index contributed by atoms with van der Waals surface area (Å²) in [6.07, 6.45) is 13.8. The van der Waals surface area contributed by atoms with Crippen molar-refractivity contribution in [2.45, 2.75) is 40.2 Å². The van der Waals surface area contributed by atoms with Crippen molar-refractivity contribution in [1.82, 2.24) is 4.98 Å². The number of pyridine rings is 1. The normalized spacial score (nSPS) is 23.2. The number of nitrogens with one attached hydrogen (secondary N) is 1. The van der Waals surface area contributed by atoms with Crippen molar-refractivity contribution in [1.29, 1.82) is 0 Å². The molecule has 0 aliphatic carbocycles. The smallest absolute Gasteiger partial charge is 0.126 e. The topological polar surface area (TPSA) is 37.3 Å². The number of hydrogen-bond acceptors (Lipinski definition) is 3. The molecule has 0 aromatic carbocycles. The molecule has 1 aliphatic heterocycles. The van der Waals surface area contributed by atoms with Crippen LogP contribution >= 0.6 is 0 Å². The lowest BCUT2D eigenvalue weighted by Gasteiger charge is -2.19. The van der Waals surface area contributed by atoms with Crippen molar-refractivity contribution < 1.29 is 0 Å². The fourth-order valence-corrected chi connectivity index (χ4v) is 2.60. The van der Waals surface area contributed by atoms with E-state index in [2.05, 4.69) is 73.4 Å². The van der Waals surface area contributed by atoms with Gasteiger partial charge in [-0.2, -0.15) is 0 Å². The van der Waals surface area contributed by atoms with Gasteiger partial charge in [0, 0.05) is 19.5 Å². The molecule has 2 heterocycles. The lowest BCUT2D eigenvalue weighted by Crippen LogP contribution is -2.26. The number of hydrogen-bond donors (Lipinski definition) is 1. The van der Waals surface area contributed by atoms with E-state index in [1.54, 1.807) is 0 Å². The Bertz CT molecular complexity index is 754. The molecule has 1 aliphatic rings. The quantitative estimate of drug-likeness (QED) is 0.928. The number of nitrogens with zero attached hydrogens (tertiary/aromatic N) is 2. The Balaban J connectivity index is 2.53. The molecule has 2 unspecified atom stereocenters. The summed E-state index contributed by atoms with van der Waals surface area (Å²) < 4.78 is 0. The summed E-state index contributed by atoms with van der Waals surface area (Å²) in [5, 5.41) is 5.46. The van der Waals surface area contributed by atoms with E-state index in [0.29, 0.717) is 12.0 Å². The standard InChI is InChI=1S/C20H27N3/c1-6-8-17-12-23-20(21-5)11-18(17)10-16(7-2)19-9-14(3)15(4)22-13-19/h7-15,21H,6H2,1-5H3/b16-7+,17-8+,18-10-. The summed E-state index contributed by atoms with van der Waals surface area (Å²) in [7, 11) is 1.89. The van der Waals surface area contributed by atoms with Crippen molar-refractivity contribution in [3.05, 3.63) is 46.0 Å². The molecule has 2 rings (SSSR count). The van der Waals surface area contributed by atoms with Crippen molar-refractivity contribution in [3.63, 3.8) is 0 Å². The maximum absolute atomic E-state index is 4.61. The van der Waals surface area contributed by atoms with E-state index in [9.17, 15) is 0 Å². The van der Waals surface area contributed by atoms with Gasteiger partial charge in [0.1, 0.15) is 5.82 Å². The molecule has 0 saturated heterocycles. The second kappa shape index (κ2) is 7.91. The number of anilines is 1. The van der Waals surface area contributed by atoms with Gasteiger partial charge < -0.3 is 5.32 Å². The number of allylic oxidation sites excluding steroid dienone is 3. The zero-order chi connectivity index (χ0) is 16.8. The van der Waals surface area contributed by atoms with Crippen molar-refractivity contribution >= 4 is 24.2 Å². The molecule has 0 fully saturated rings. The molecule has 0 radical (unpaired) electrons. The van der Waals surface area contributed by atoms with Crippen molar-refractivity contribution in [2.24, 2.45) is 10.9 Å². The van der Waals surface area contributed by atoms with Gasteiger partial charge in [-0.3, -0.25) is 4.99 Å². The molecule has 2 atom stereocenters. The summed E-state index contributed by atoms with van der Waals surface area (Å²) >= 11 is 0. The van der Waals surface area contributed by atoms with Crippen LogP contribution in [-0.4, -0.2) is 24.3 Å². The molecular weight excluding hydrogens is 282 g/mol. The first-order valence-electron chi connectivity index (χ1n) is 8.36. The van der Waals surface area contributed by atoms with Gasteiger partial charge in [0.15, 0.2) is 0 Å². The Morgan fingerprint density at radius 3 is 2.70 bits per heavy atom. The van der Waals surface area contributed by atoms with E-state index in [4.69, 9.17) is 0 Å². The Hall–Kier alpha value is -2.16. The molecule has 0 saturated carbocycles. The molecule has 3 heteroatoms. The average molecular weight is 309 g/mol. The first-order chi connectivity index (χ1) is 11.1. The van der Waals surface area contributed by atoms with E-state index >= 15 is 0 Å². The van der Waals surface area contributed by atoms with Gasteiger partial charge in [0.25, 0.3) is 0 Å². The monoisotopic (exact) mass is 309 g/mol. The molecule has 1 N–H and O–H groups in total. The minimum Gasteiger partial charge on any atom is -0.373 e. The third kappa shape index (κ3) is 4.19. The summed E-state index contributed by atoms with van der Waals surface area (Å²) in [6, 6.07) is 2.45. The molecule has 0 spiro atoms. The first-order valence-corrected chi connectivity index (χ1v) is 8.36. The number of aliphatic imine (C=N–C) groups is 1. The number of aromatic nitrogens is 1. The van der Waals surface area contributed by atoms with Gasteiger partial charge in [-0.05, 0) is 59.9 Å². The van der Waals surface area contributed by atoms with Crippen LogP contribution < -0.4 is 15.8 Å². The van der Waals surface area contributed by atoms with Crippen LogP contribution in [0.15, 0.2) is 40.6 Å². The molecule has 0 amide bonds. The maximum atomic E-state index is 4.61. The van der Waals surface area contributed by atoms with Crippen LogP contribution in [0.2, 0.25) is 0 Å². The highest BCUT2D eigenvalue weighted by molar-refractivity contribution is 5.90. The minimum atomic E-state index is 0.359. The second-order valence-corrected chi connectivity index (χ2v) is 5.95. The molecule has 0 bridgehead atoms. The van der Waals surface area contributed by atoms with Crippen LogP contribution in [0.5, 0.6) is 0 Å². The fourth-order valence-electron chi connectivity index (χ4n) is 2.60. The van der Waals surface area contributed by atoms with Crippen LogP contribution in [0.4, 0.5) is 5.82 Å². The predicted octanol–water partition coefficient (Wildman–Crippen LogP) is 3.08. The highest BCUT2D eigenvalue weighted by Crippen LogP contribution is 2.20. The minimum absolute atomic E-state index is 0.359. The summed E-state index contributed by atoms with van der Waals surface area (Å²) in [5.74, 6) is 1.35. The largest absolute Gasteiger partial charge is 0.373 e. The van der Waals surface area contributed by atoms with E-state index < -0.39 is 0 Å². The van der Waals surface area contributed by atoms with Gasteiger partial charge in [0.2, 0.25) is 0 Å². The SMILES string of the molecule is C\C=C(/C=c1/cc(NC)nc/c1=C\CC)C1=CC(C)C(C)N=C1. The van der Waals surface area contributed by atoms with Crippen LogP contribution in [0.3, 0.4) is 0 Å². The second-order valence-electron chi connectivity index (χ2n) is 5.95. The van der Waals surface area contributed by atoms with Crippen LogP contribution in [-0.2, 0) is 0 Å². The molecule has 122 valence electrons. The van der Waals surface area contributed by atoms with Gasteiger partial charge in [-0.15, -0.1) is 0 Å². The number of dihydropyridines is 1. The molecule has 3 nitrogen and oxygen atoms in total. The lowest BCUT2D eigenvalue weighted by molar-refractivity contribution is 0.579. The first kappa shape index (κ1) is 17.2. The third-order valence-corrected chi connectivity index (χ3v) is 4.26. The molecule has 23 heavy (non-hydrogen) atoms. The van der Waals surface area contributed by atoms with Gasteiger partial charge in [0.05, 0.1) is 6.04 Å². The number of rotatable bonds is 4. The Kier molecular flexibility index (Phi) is 5.91. The van der Waals surface area contributed by atoms with Crippen LogP contribution in [0, 0.1) is 5.92 Å². The average Bonchev–Trinajstić information content (AvgIpc) is 2.56. The Morgan fingerprint density at radius 1 is 1.30 bits per heavy atom. The zero-order valence-corrected chi connectivity index (χ0v) is 14.8. The fraction of sp³-hybridized carbons (Fsp3) is 0.400. The van der Waals surface area contributed by atoms with Gasteiger partial charge in [-0.1, -0.05) is 32.1 Å². The molecule has 1 aromatic rings. The van der Waals surface area contributed by atoms with E-state index in [1.807, 2.05) is 19.5 Å². The predicted molar refractivity (Wildman–Crippen MR) is 101 cm³/mol. The van der Waals surface area contributed by atoms with Gasteiger partial charge >= 0.3 is 0 Å². The van der Waals surface area contributed by atoms with E-state index in [0.717, 1.165) is 12.2 Å². The van der Waals surface area contributed by atoms with Crippen LogP contribution in [0.1, 0.15) is 34.1 Å². The molecule has 1 aromatic heterocycles. The van der Waals surface area contributed by atoms with E-state index in [-0.39, 0.29) is 0 Å². The van der Waals surface area contributed by atoms with E-state index in [1.165, 1.54) is 21.6 Å². The Morgan fingerprint density at radius 2 is 2.09 bits per heavy atom. The maximum Gasteiger partial charge on any atom is 0.126 e. The Labute approximate surface area is 139 Å². The summed E-state index contributed by atoms with van der Waals surface area (Å²) in [4.78, 5) is 9.03. The van der Waals surface area contributed by atoms with Crippen molar-refractivity contribution in [3.8, 4) is 0 Å². The van der Waals surface area contributed by atoms with Crippen LogP contribution in [0.25, 0.3) is 12.2 Å². The summed E-state index contributed by atoms with van der Waals surface area (Å²) in [6.45, 7) is 8.60.